The van der Waals surface area contributed by atoms with Gasteiger partial charge in [0, 0.05) is 25.1 Å². The number of nitrogens with one attached hydrogen (secondary N) is 1. The van der Waals surface area contributed by atoms with Crippen molar-refractivity contribution >= 4 is 17.8 Å². The van der Waals surface area contributed by atoms with E-state index in [4.69, 9.17) is 4.74 Å². The second-order valence-corrected chi connectivity index (χ2v) is 9.39. The van der Waals surface area contributed by atoms with E-state index in [9.17, 15) is 14.4 Å². The van der Waals surface area contributed by atoms with Gasteiger partial charge in [-0.2, -0.15) is 0 Å². The van der Waals surface area contributed by atoms with E-state index in [0.717, 1.165) is 19.3 Å². The topological polar surface area (TPSA) is 75.7 Å². The second-order valence-electron chi connectivity index (χ2n) is 9.39. The Morgan fingerprint density at radius 2 is 1.59 bits per heavy atom. The minimum absolute atomic E-state index is 0.0104. The van der Waals surface area contributed by atoms with Crippen molar-refractivity contribution < 1.29 is 19.1 Å². The van der Waals surface area contributed by atoms with Crippen molar-refractivity contribution in [1.82, 2.24) is 10.2 Å². The Bertz CT molecular complexity index is 754. The van der Waals surface area contributed by atoms with E-state index in [1.807, 2.05) is 6.07 Å². The summed E-state index contributed by atoms with van der Waals surface area (Å²) < 4.78 is 5.48. The molecule has 1 N–H and O–H groups in total. The van der Waals surface area contributed by atoms with Gasteiger partial charge in [0.25, 0.3) is 5.91 Å². The lowest BCUT2D eigenvalue weighted by Gasteiger charge is -2.55. The normalized spacial score (nSPS) is 30.5. The summed E-state index contributed by atoms with van der Waals surface area (Å²) in [6.07, 6.45) is 5.64. The van der Waals surface area contributed by atoms with Crippen LogP contribution >= 0.6 is 0 Å². The van der Waals surface area contributed by atoms with Gasteiger partial charge in [0.05, 0.1) is 0 Å². The van der Waals surface area contributed by atoms with Crippen LogP contribution in [0.25, 0.3) is 0 Å². The molecule has 0 saturated heterocycles. The molecule has 2 amide bonds. The lowest BCUT2D eigenvalue weighted by atomic mass is 9.49. The van der Waals surface area contributed by atoms with Crippen molar-refractivity contribution in [3.8, 4) is 0 Å². The summed E-state index contributed by atoms with van der Waals surface area (Å²) in [4.78, 5) is 39.4. The Morgan fingerprint density at radius 3 is 2.10 bits per heavy atom. The number of carbonyl (C=O) groups excluding carboxylic acids is 3. The predicted octanol–water partition coefficient (Wildman–Crippen LogP) is 2.69. The molecule has 6 nitrogen and oxygen atoms in total. The molecule has 1 atom stereocenters. The summed E-state index contributed by atoms with van der Waals surface area (Å²) in [5.41, 5.74) is 0.319. The van der Waals surface area contributed by atoms with E-state index in [1.165, 1.54) is 24.2 Å². The van der Waals surface area contributed by atoms with Crippen LogP contribution < -0.4 is 5.32 Å². The number of likely N-dealkylation sites (N-methyl/N-ethyl adjacent to an activating group) is 1. The molecule has 4 aliphatic rings. The standard InChI is InChI=1S/C23H30N2O4/c1-25(2)21(27)20(18-6-4-3-5-7-18)29-19(26)14-24-22(28)23-11-15-8-16(12-23)10-17(9-15)13-23/h3-7,15-17,20H,8-14H2,1-2H3,(H,24,28)/t15?,16?,17?,20-,23?/m0/s1. The highest BCUT2D eigenvalue weighted by Gasteiger charge is 2.54. The van der Waals surface area contributed by atoms with Crippen LogP contribution in [0.2, 0.25) is 0 Å². The first-order valence-electron chi connectivity index (χ1n) is 10.6. The van der Waals surface area contributed by atoms with Gasteiger partial charge in [0.15, 0.2) is 0 Å². The fourth-order valence-corrected chi connectivity index (χ4v) is 6.03. The summed E-state index contributed by atoms with van der Waals surface area (Å²) >= 11 is 0. The fraction of sp³-hybridized carbons (Fsp3) is 0.609. The molecule has 0 aromatic heterocycles. The van der Waals surface area contributed by atoms with Crippen LogP contribution in [0.5, 0.6) is 0 Å². The van der Waals surface area contributed by atoms with E-state index >= 15 is 0 Å². The zero-order chi connectivity index (χ0) is 20.6. The quantitative estimate of drug-likeness (QED) is 0.748. The predicted molar refractivity (Wildman–Crippen MR) is 108 cm³/mol. The number of hydrogen-bond acceptors (Lipinski definition) is 4. The molecule has 4 bridgehead atoms. The van der Waals surface area contributed by atoms with Crippen LogP contribution in [-0.2, 0) is 19.1 Å². The van der Waals surface area contributed by atoms with E-state index in [-0.39, 0.29) is 23.8 Å². The summed E-state index contributed by atoms with van der Waals surface area (Å²) in [6, 6.07) is 8.96. The molecule has 4 saturated carbocycles. The molecule has 29 heavy (non-hydrogen) atoms. The Hall–Kier alpha value is -2.37. The van der Waals surface area contributed by atoms with Gasteiger partial charge >= 0.3 is 5.97 Å². The number of hydrogen-bond donors (Lipinski definition) is 1. The third-order valence-electron chi connectivity index (χ3n) is 6.93. The monoisotopic (exact) mass is 398 g/mol. The Kier molecular flexibility index (Phi) is 5.36. The van der Waals surface area contributed by atoms with Crippen molar-refractivity contribution in [3.63, 3.8) is 0 Å². The zero-order valence-electron chi connectivity index (χ0n) is 17.2. The van der Waals surface area contributed by atoms with Crippen molar-refractivity contribution in [2.45, 2.75) is 44.6 Å². The van der Waals surface area contributed by atoms with Crippen molar-refractivity contribution in [3.05, 3.63) is 35.9 Å². The summed E-state index contributed by atoms with van der Waals surface area (Å²) in [7, 11) is 3.25. The molecule has 0 unspecified atom stereocenters. The summed E-state index contributed by atoms with van der Waals surface area (Å²) in [6.45, 7) is -0.204. The summed E-state index contributed by atoms with van der Waals surface area (Å²) in [5.74, 6) is 1.09. The molecular weight excluding hydrogens is 368 g/mol. The SMILES string of the molecule is CN(C)C(=O)[C@@H](OC(=O)CNC(=O)C12CC3CC(CC(C3)C1)C2)c1ccccc1. The number of amides is 2. The number of esters is 1. The van der Waals surface area contributed by atoms with Crippen LogP contribution in [-0.4, -0.2) is 43.3 Å². The number of carbonyl (C=O) groups is 3. The lowest BCUT2D eigenvalue weighted by Crippen LogP contribution is -2.54. The number of nitrogens with zero attached hydrogens (tertiary/aromatic N) is 1. The van der Waals surface area contributed by atoms with Crippen molar-refractivity contribution in [2.24, 2.45) is 23.2 Å². The highest BCUT2D eigenvalue weighted by molar-refractivity contribution is 5.88. The van der Waals surface area contributed by atoms with Gasteiger partial charge in [-0.25, -0.2) is 0 Å². The van der Waals surface area contributed by atoms with E-state index in [2.05, 4.69) is 5.32 Å². The maximum Gasteiger partial charge on any atom is 0.326 e. The van der Waals surface area contributed by atoms with Crippen LogP contribution in [0, 0.1) is 23.2 Å². The average molecular weight is 399 g/mol. The van der Waals surface area contributed by atoms with Gasteiger partial charge in [-0.3, -0.25) is 14.4 Å². The Morgan fingerprint density at radius 1 is 1.03 bits per heavy atom. The van der Waals surface area contributed by atoms with Crippen molar-refractivity contribution in [2.75, 3.05) is 20.6 Å². The van der Waals surface area contributed by atoms with Gasteiger partial charge in [0.2, 0.25) is 12.0 Å². The first kappa shape index (κ1) is 19.9. The molecule has 0 heterocycles. The molecule has 4 aliphatic carbocycles. The van der Waals surface area contributed by atoms with Gasteiger partial charge in [-0.1, -0.05) is 30.3 Å². The van der Waals surface area contributed by atoms with E-state index in [1.54, 1.807) is 38.4 Å². The molecule has 0 spiro atoms. The zero-order valence-corrected chi connectivity index (χ0v) is 17.2. The molecule has 0 aliphatic heterocycles. The lowest BCUT2D eigenvalue weighted by molar-refractivity contribution is -0.160. The highest BCUT2D eigenvalue weighted by Crippen LogP contribution is 2.60. The van der Waals surface area contributed by atoms with Crippen molar-refractivity contribution in [1.29, 1.82) is 0 Å². The first-order chi connectivity index (χ1) is 13.9. The Balaban J connectivity index is 1.37. The smallest absolute Gasteiger partial charge is 0.326 e. The Labute approximate surface area is 172 Å². The molecule has 0 radical (unpaired) electrons. The molecule has 1 aromatic rings. The van der Waals surface area contributed by atoms with Crippen LogP contribution in [0.4, 0.5) is 0 Å². The average Bonchev–Trinajstić information content (AvgIpc) is 2.69. The van der Waals surface area contributed by atoms with Crippen LogP contribution in [0.3, 0.4) is 0 Å². The molecule has 156 valence electrons. The third-order valence-corrected chi connectivity index (χ3v) is 6.93. The van der Waals surface area contributed by atoms with Gasteiger partial charge in [-0.15, -0.1) is 0 Å². The minimum atomic E-state index is -1.00. The maximum absolute atomic E-state index is 13.0. The molecule has 1 aromatic carbocycles. The van der Waals surface area contributed by atoms with Gasteiger partial charge in [0.1, 0.15) is 6.54 Å². The van der Waals surface area contributed by atoms with Gasteiger partial charge in [-0.05, 0) is 56.3 Å². The van der Waals surface area contributed by atoms with Crippen LogP contribution in [0.15, 0.2) is 30.3 Å². The van der Waals surface area contributed by atoms with Crippen LogP contribution in [0.1, 0.15) is 50.2 Å². The number of ether oxygens (including phenoxy) is 1. The van der Waals surface area contributed by atoms with E-state index < -0.39 is 12.1 Å². The maximum atomic E-state index is 13.0. The third kappa shape index (κ3) is 4.02. The number of benzene rings is 1. The fourth-order valence-electron chi connectivity index (χ4n) is 6.03. The molecular formula is C23H30N2O4. The number of rotatable bonds is 6. The highest BCUT2D eigenvalue weighted by atomic mass is 16.5. The molecule has 4 fully saturated rings. The molecule has 6 heteroatoms. The molecule has 5 rings (SSSR count). The summed E-state index contributed by atoms with van der Waals surface area (Å²) in [5, 5.41) is 2.83. The first-order valence-corrected chi connectivity index (χ1v) is 10.6. The second kappa shape index (κ2) is 7.81. The van der Waals surface area contributed by atoms with Gasteiger partial charge < -0.3 is 15.0 Å². The largest absolute Gasteiger partial charge is 0.446 e. The van der Waals surface area contributed by atoms with E-state index in [0.29, 0.717) is 23.3 Å². The minimum Gasteiger partial charge on any atom is -0.446 e.